The molecule has 0 spiro atoms. The first-order valence-corrected chi connectivity index (χ1v) is 5.30. The Morgan fingerprint density at radius 3 is 2.88 bits per heavy atom. The van der Waals surface area contributed by atoms with Crippen LogP contribution in [0.5, 0.6) is 0 Å². The number of hydrogen-bond acceptors (Lipinski definition) is 4. The number of nitrogens with zero attached hydrogens (tertiary/aromatic N) is 3. The lowest BCUT2D eigenvalue weighted by molar-refractivity contribution is 0.847. The highest BCUT2D eigenvalue weighted by Gasteiger charge is 2.14. The average Bonchev–Trinajstić information content (AvgIpc) is 2.30. The third kappa shape index (κ3) is 1.68. The van der Waals surface area contributed by atoms with E-state index in [1.807, 2.05) is 24.3 Å². The van der Waals surface area contributed by atoms with E-state index in [4.69, 9.17) is 18.8 Å². The number of nitriles is 1. The first-order chi connectivity index (χ1) is 7.65. The monoisotopic (exact) mass is 272 g/mol. The van der Waals surface area contributed by atoms with Gasteiger partial charge in [-0.15, -0.1) is 0 Å². The SMILES string of the molecule is [B]c1nnc(C(N)C#N)c2c(Br)cccc12. The van der Waals surface area contributed by atoms with E-state index in [9.17, 15) is 0 Å². The highest BCUT2D eigenvalue weighted by atomic mass is 79.9. The van der Waals surface area contributed by atoms with Crippen LogP contribution in [0, 0.1) is 11.3 Å². The molecule has 2 rings (SSSR count). The standard InChI is InChI=1S/C10H6BBrN4/c11-10-5-2-1-3-6(12)8(5)9(15-16-10)7(14)4-13/h1-3,7H,14H2. The number of benzene rings is 1. The van der Waals surface area contributed by atoms with Crippen LogP contribution in [0.3, 0.4) is 0 Å². The number of halogens is 1. The summed E-state index contributed by atoms with van der Waals surface area (Å²) in [5, 5.41) is 18.0. The molecule has 76 valence electrons. The summed E-state index contributed by atoms with van der Waals surface area (Å²) in [7, 11) is 5.72. The Morgan fingerprint density at radius 1 is 1.44 bits per heavy atom. The molecule has 1 unspecified atom stereocenters. The minimum Gasteiger partial charge on any atom is -0.311 e. The van der Waals surface area contributed by atoms with E-state index < -0.39 is 6.04 Å². The van der Waals surface area contributed by atoms with Crippen LogP contribution >= 0.6 is 15.9 Å². The summed E-state index contributed by atoms with van der Waals surface area (Å²) in [4.78, 5) is 0. The minimum absolute atomic E-state index is 0.324. The maximum atomic E-state index is 8.82. The van der Waals surface area contributed by atoms with Crippen molar-refractivity contribution in [3.63, 3.8) is 0 Å². The van der Waals surface area contributed by atoms with Crippen LogP contribution < -0.4 is 11.3 Å². The van der Waals surface area contributed by atoms with E-state index in [2.05, 4.69) is 26.1 Å². The molecule has 0 fully saturated rings. The second-order valence-electron chi connectivity index (χ2n) is 3.24. The fourth-order valence-electron chi connectivity index (χ4n) is 1.49. The van der Waals surface area contributed by atoms with E-state index in [1.165, 1.54) is 0 Å². The third-order valence-electron chi connectivity index (χ3n) is 2.24. The molecule has 0 aliphatic carbocycles. The van der Waals surface area contributed by atoms with Gasteiger partial charge < -0.3 is 5.73 Å². The highest BCUT2D eigenvalue weighted by molar-refractivity contribution is 9.10. The first kappa shape index (κ1) is 11.1. The molecule has 0 aliphatic heterocycles. The van der Waals surface area contributed by atoms with Crippen LogP contribution in [0.15, 0.2) is 22.7 Å². The number of fused-ring (bicyclic) bond motifs is 1. The lowest BCUT2D eigenvalue weighted by Gasteiger charge is -2.09. The molecule has 0 amide bonds. The van der Waals surface area contributed by atoms with Crippen molar-refractivity contribution in [2.45, 2.75) is 6.04 Å². The topological polar surface area (TPSA) is 75.6 Å². The number of aromatic nitrogens is 2. The fraction of sp³-hybridized carbons (Fsp3) is 0.100. The van der Waals surface area contributed by atoms with Gasteiger partial charge in [-0.3, -0.25) is 0 Å². The van der Waals surface area contributed by atoms with Gasteiger partial charge in [0.15, 0.2) is 0 Å². The molecule has 2 aromatic rings. The molecule has 1 aromatic heterocycles. The van der Waals surface area contributed by atoms with Crippen molar-refractivity contribution in [3.05, 3.63) is 28.4 Å². The summed E-state index contributed by atoms with van der Waals surface area (Å²) in [5.41, 5.74) is 6.41. The van der Waals surface area contributed by atoms with Crippen LogP contribution in [0.25, 0.3) is 10.8 Å². The lowest BCUT2D eigenvalue weighted by Crippen LogP contribution is -2.18. The molecule has 2 radical (unpaired) electrons. The van der Waals surface area contributed by atoms with Gasteiger partial charge in [0.1, 0.15) is 19.6 Å². The number of rotatable bonds is 1. The molecule has 0 aliphatic rings. The van der Waals surface area contributed by atoms with Gasteiger partial charge in [0, 0.05) is 15.5 Å². The highest BCUT2D eigenvalue weighted by Crippen LogP contribution is 2.26. The summed E-state index contributed by atoms with van der Waals surface area (Å²) < 4.78 is 0.798. The van der Waals surface area contributed by atoms with Crippen LogP contribution in [0.1, 0.15) is 11.7 Å². The van der Waals surface area contributed by atoms with Crippen LogP contribution in [0.2, 0.25) is 0 Å². The number of hydrogen-bond donors (Lipinski definition) is 1. The van der Waals surface area contributed by atoms with Gasteiger partial charge in [-0.25, -0.2) is 0 Å². The molecule has 0 saturated carbocycles. The first-order valence-electron chi connectivity index (χ1n) is 4.50. The van der Waals surface area contributed by atoms with Crippen LogP contribution in [0.4, 0.5) is 0 Å². The molecule has 2 N–H and O–H groups in total. The average molecular weight is 273 g/mol. The van der Waals surface area contributed by atoms with Crippen molar-refractivity contribution in [3.8, 4) is 6.07 Å². The molecule has 1 heterocycles. The van der Waals surface area contributed by atoms with Crippen molar-refractivity contribution in [1.29, 1.82) is 5.26 Å². The molecule has 4 nitrogen and oxygen atoms in total. The Balaban J connectivity index is 2.88. The van der Waals surface area contributed by atoms with Gasteiger partial charge in [0.2, 0.25) is 0 Å². The summed E-state index contributed by atoms with van der Waals surface area (Å²) in [5.74, 6) is 0. The van der Waals surface area contributed by atoms with Crippen molar-refractivity contribution in [1.82, 2.24) is 10.2 Å². The van der Waals surface area contributed by atoms with Gasteiger partial charge in [0.25, 0.3) is 0 Å². The molecule has 0 bridgehead atoms. The van der Waals surface area contributed by atoms with E-state index in [-0.39, 0.29) is 0 Å². The van der Waals surface area contributed by atoms with Gasteiger partial charge in [-0.05, 0) is 11.5 Å². The maximum absolute atomic E-state index is 8.82. The summed E-state index contributed by atoms with van der Waals surface area (Å²) in [6.07, 6.45) is 0. The van der Waals surface area contributed by atoms with Gasteiger partial charge in [-0.1, -0.05) is 28.1 Å². The maximum Gasteiger partial charge on any atom is 0.145 e. The fourth-order valence-corrected chi connectivity index (χ4v) is 2.06. The summed E-state index contributed by atoms with van der Waals surface area (Å²) in [6.45, 7) is 0. The molecular formula is C10H6BBrN4. The van der Waals surface area contributed by atoms with Crippen LogP contribution in [-0.2, 0) is 0 Å². The lowest BCUT2D eigenvalue weighted by atomic mass is 9.95. The zero-order valence-electron chi connectivity index (χ0n) is 8.18. The number of nitrogens with two attached hydrogens (primary N) is 1. The second-order valence-corrected chi connectivity index (χ2v) is 4.09. The molecule has 16 heavy (non-hydrogen) atoms. The zero-order valence-corrected chi connectivity index (χ0v) is 9.77. The Hall–Kier alpha value is -1.45. The van der Waals surface area contributed by atoms with Crippen molar-refractivity contribution in [2.75, 3.05) is 0 Å². The van der Waals surface area contributed by atoms with Crippen molar-refractivity contribution < 1.29 is 0 Å². The van der Waals surface area contributed by atoms with Crippen LogP contribution in [-0.4, -0.2) is 18.0 Å². The van der Waals surface area contributed by atoms with Crippen molar-refractivity contribution in [2.24, 2.45) is 5.73 Å². The van der Waals surface area contributed by atoms with E-state index >= 15 is 0 Å². The normalized spacial score (nSPS) is 12.3. The van der Waals surface area contributed by atoms with E-state index in [1.54, 1.807) is 0 Å². The quantitative estimate of drug-likeness (QED) is 0.776. The molecule has 0 saturated heterocycles. The van der Waals surface area contributed by atoms with E-state index in [0.29, 0.717) is 11.3 Å². The zero-order chi connectivity index (χ0) is 11.7. The predicted molar refractivity (Wildman–Crippen MR) is 65.2 cm³/mol. The third-order valence-corrected chi connectivity index (χ3v) is 2.91. The molecule has 1 atom stereocenters. The summed E-state index contributed by atoms with van der Waals surface area (Å²) in [6, 6.07) is 6.62. The largest absolute Gasteiger partial charge is 0.311 e. The predicted octanol–water partition coefficient (Wildman–Crippen LogP) is 0.709. The Morgan fingerprint density at radius 2 is 2.19 bits per heavy atom. The minimum atomic E-state index is -0.811. The molecular weight excluding hydrogens is 267 g/mol. The Bertz CT molecular complexity index is 593. The van der Waals surface area contributed by atoms with Gasteiger partial charge >= 0.3 is 0 Å². The Labute approximate surface area is 102 Å². The Kier molecular flexibility index (Phi) is 2.90. The van der Waals surface area contributed by atoms with Gasteiger partial charge in [0.05, 0.1) is 6.07 Å². The molecule has 1 aromatic carbocycles. The summed E-state index contributed by atoms with van der Waals surface area (Å²) >= 11 is 3.39. The van der Waals surface area contributed by atoms with Crippen molar-refractivity contribution >= 4 is 40.1 Å². The smallest absolute Gasteiger partial charge is 0.145 e. The van der Waals surface area contributed by atoms with Gasteiger partial charge in [-0.2, -0.15) is 15.5 Å². The molecule has 6 heteroatoms. The second kappa shape index (κ2) is 4.20. The van der Waals surface area contributed by atoms with E-state index in [0.717, 1.165) is 15.2 Å².